The molecule has 0 aromatic heterocycles. The average molecular weight is 814 g/mol. The number of carbonyl (C=O) groups excluding carboxylic acids is 2. The molecule has 0 N–H and O–H groups in total. The van der Waals surface area contributed by atoms with Crippen LogP contribution in [0.4, 0.5) is 0 Å². The van der Waals surface area contributed by atoms with Crippen molar-refractivity contribution in [2.45, 2.75) is 213 Å². The number of allylic oxidation sites excluding steroid dienone is 4. The molecule has 0 fully saturated rings. The van der Waals surface area contributed by atoms with E-state index in [9.17, 15) is 19.0 Å². The van der Waals surface area contributed by atoms with Crippen LogP contribution in [0.15, 0.2) is 24.3 Å². The molecule has 0 amide bonds. The Morgan fingerprint density at radius 1 is 0.554 bits per heavy atom. The number of rotatable bonds is 42. The molecule has 2 unspecified atom stereocenters. The van der Waals surface area contributed by atoms with Gasteiger partial charge in [-0.15, -0.1) is 0 Å². The third-order valence-corrected chi connectivity index (χ3v) is 10.9. The molecule has 0 saturated heterocycles. The van der Waals surface area contributed by atoms with Crippen LogP contribution in [0, 0.1) is 0 Å². The Hall–Kier alpha value is -1.51. The SMILES string of the molecule is CCCC/C=C\C/C=C\CCCCCCCC(=O)OC(COC(=O)CCCCCCCCCCCCCCCCCCCC)COP(=O)([O-])OCC[N+](C)(C)C. The number of hydrogen-bond donors (Lipinski definition) is 0. The van der Waals surface area contributed by atoms with E-state index in [-0.39, 0.29) is 32.0 Å². The van der Waals surface area contributed by atoms with Crippen molar-refractivity contribution in [2.75, 3.05) is 47.5 Å². The van der Waals surface area contributed by atoms with E-state index in [1.807, 2.05) is 21.1 Å². The first kappa shape index (κ1) is 54.5. The van der Waals surface area contributed by atoms with Crippen molar-refractivity contribution in [3.05, 3.63) is 24.3 Å². The van der Waals surface area contributed by atoms with Gasteiger partial charge < -0.3 is 27.9 Å². The largest absolute Gasteiger partial charge is 0.756 e. The normalized spacial score (nSPS) is 13.8. The summed E-state index contributed by atoms with van der Waals surface area (Å²) in [5.41, 5.74) is 0. The summed E-state index contributed by atoms with van der Waals surface area (Å²) < 4.78 is 33.9. The molecule has 0 spiro atoms. The average Bonchev–Trinajstić information content (AvgIpc) is 3.15. The quantitative estimate of drug-likeness (QED) is 0.0197. The van der Waals surface area contributed by atoms with Gasteiger partial charge in [-0.1, -0.05) is 179 Å². The minimum Gasteiger partial charge on any atom is -0.756 e. The van der Waals surface area contributed by atoms with Gasteiger partial charge in [0.2, 0.25) is 0 Å². The predicted octanol–water partition coefficient (Wildman–Crippen LogP) is 12.5. The lowest BCUT2D eigenvalue weighted by Crippen LogP contribution is -2.37. The number of nitrogens with zero attached hydrogens (tertiary/aromatic N) is 1. The fraction of sp³-hybridized carbons (Fsp3) is 0.870. The van der Waals surface area contributed by atoms with Crippen LogP contribution in [0.5, 0.6) is 0 Å². The second-order valence-electron chi connectivity index (χ2n) is 16.8. The van der Waals surface area contributed by atoms with Crippen molar-refractivity contribution in [1.82, 2.24) is 0 Å². The summed E-state index contributed by atoms with van der Waals surface area (Å²) in [7, 11) is 1.16. The standard InChI is InChI=1S/C46H88NO8P/c1-6-8-10-12-14-16-18-20-22-23-24-25-27-28-30-32-34-36-38-45(48)52-42-44(43-54-56(50,51)53-41-40-47(3,4)5)55-46(49)39-37-35-33-31-29-26-21-19-17-15-13-11-9-7-2/h13,15,19,21,44H,6-12,14,16-18,20,22-43H2,1-5H3/b15-13-,21-19-. The van der Waals surface area contributed by atoms with Crippen molar-refractivity contribution < 1.29 is 42.1 Å². The first-order valence-corrected chi connectivity index (χ1v) is 24.5. The summed E-state index contributed by atoms with van der Waals surface area (Å²) in [5.74, 6) is -0.843. The molecule has 330 valence electrons. The molecule has 0 heterocycles. The molecule has 0 aliphatic rings. The molecular formula is C46H88NO8P. The number of carbonyl (C=O) groups is 2. The van der Waals surface area contributed by atoms with Gasteiger partial charge in [-0.3, -0.25) is 14.2 Å². The number of phosphoric acid groups is 1. The lowest BCUT2D eigenvalue weighted by Gasteiger charge is -2.28. The number of phosphoric ester groups is 1. The molecule has 9 nitrogen and oxygen atoms in total. The Morgan fingerprint density at radius 3 is 1.46 bits per heavy atom. The van der Waals surface area contributed by atoms with E-state index in [0.29, 0.717) is 17.4 Å². The second kappa shape index (κ2) is 39.0. The van der Waals surface area contributed by atoms with Crippen LogP contribution in [-0.4, -0.2) is 70.0 Å². The number of esters is 2. The van der Waals surface area contributed by atoms with E-state index in [2.05, 4.69) is 38.2 Å². The smallest absolute Gasteiger partial charge is 0.306 e. The van der Waals surface area contributed by atoms with E-state index in [0.717, 1.165) is 64.2 Å². The van der Waals surface area contributed by atoms with Crippen LogP contribution in [-0.2, 0) is 32.7 Å². The summed E-state index contributed by atoms with van der Waals surface area (Å²) in [5, 5.41) is 0. The molecule has 56 heavy (non-hydrogen) atoms. The van der Waals surface area contributed by atoms with Gasteiger partial charge in [0.25, 0.3) is 7.82 Å². The third-order valence-electron chi connectivity index (χ3n) is 9.97. The lowest BCUT2D eigenvalue weighted by atomic mass is 10.0. The van der Waals surface area contributed by atoms with Gasteiger partial charge in [-0.25, -0.2) is 0 Å². The highest BCUT2D eigenvalue weighted by Gasteiger charge is 2.21. The molecule has 0 aliphatic heterocycles. The van der Waals surface area contributed by atoms with Gasteiger partial charge in [0, 0.05) is 12.8 Å². The predicted molar refractivity (Wildman–Crippen MR) is 231 cm³/mol. The summed E-state index contributed by atoms with van der Waals surface area (Å²) in [6.07, 6.45) is 42.0. The monoisotopic (exact) mass is 814 g/mol. The van der Waals surface area contributed by atoms with Gasteiger partial charge >= 0.3 is 11.9 Å². The second-order valence-corrected chi connectivity index (χ2v) is 18.2. The van der Waals surface area contributed by atoms with Crippen LogP contribution in [0.25, 0.3) is 0 Å². The number of quaternary nitrogens is 1. The highest BCUT2D eigenvalue weighted by Crippen LogP contribution is 2.38. The first-order chi connectivity index (χ1) is 27.0. The van der Waals surface area contributed by atoms with Crippen molar-refractivity contribution in [3.8, 4) is 0 Å². The highest BCUT2D eigenvalue weighted by molar-refractivity contribution is 7.45. The van der Waals surface area contributed by atoms with E-state index in [1.165, 1.54) is 109 Å². The Morgan fingerprint density at radius 2 is 0.982 bits per heavy atom. The summed E-state index contributed by atoms with van der Waals surface area (Å²) >= 11 is 0. The third kappa shape index (κ3) is 42.1. The van der Waals surface area contributed by atoms with Gasteiger partial charge in [-0.05, 0) is 38.5 Å². The highest BCUT2D eigenvalue weighted by atomic mass is 31.2. The zero-order valence-corrected chi connectivity index (χ0v) is 38.0. The number of ether oxygens (including phenoxy) is 2. The minimum absolute atomic E-state index is 0.0319. The number of unbranched alkanes of at least 4 members (excludes halogenated alkanes) is 24. The molecule has 10 heteroatoms. The molecule has 0 aromatic rings. The molecule has 0 aromatic carbocycles. The van der Waals surface area contributed by atoms with Crippen LogP contribution >= 0.6 is 7.82 Å². The molecule has 0 rings (SSSR count). The fourth-order valence-electron chi connectivity index (χ4n) is 6.32. The Labute approximate surface area is 345 Å². The maximum Gasteiger partial charge on any atom is 0.306 e. The molecule has 2 atom stereocenters. The van der Waals surface area contributed by atoms with E-state index in [1.54, 1.807) is 0 Å². The van der Waals surface area contributed by atoms with Gasteiger partial charge in [0.1, 0.15) is 19.8 Å². The van der Waals surface area contributed by atoms with Gasteiger partial charge in [0.15, 0.2) is 6.10 Å². The van der Waals surface area contributed by atoms with E-state index < -0.39 is 26.5 Å². The van der Waals surface area contributed by atoms with Gasteiger partial charge in [-0.2, -0.15) is 0 Å². The Kier molecular flexibility index (Phi) is 37.9. The lowest BCUT2D eigenvalue weighted by molar-refractivity contribution is -0.870. The Bertz CT molecular complexity index is 1010. The van der Waals surface area contributed by atoms with Crippen LogP contribution in [0.1, 0.15) is 206 Å². The summed E-state index contributed by atoms with van der Waals surface area (Å²) in [6, 6.07) is 0. The van der Waals surface area contributed by atoms with E-state index in [4.69, 9.17) is 18.5 Å². The van der Waals surface area contributed by atoms with Gasteiger partial charge in [0.05, 0.1) is 27.7 Å². The Balaban J connectivity index is 4.30. The number of likely N-dealkylation sites (N-methyl/N-ethyl adjacent to an activating group) is 1. The van der Waals surface area contributed by atoms with Crippen molar-refractivity contribution in [3.63, 3.8) is 0 Å². The first-order valence-electron chi connectivity index (χ1n) is 23.0. The molecule has 0 aliphatic carbocycles. The molecular weight excluding hydrogens is 725 g/mol. The zero-order valence-electron chi connectivity index (χ0n) is 37.1. The van der Waals surface area contributed by atoms with Crippen LogP contribution in [0.3, 0.4) is 0 Å². The fourth-order valence-corrected chi connectivity index (χ4v) is 7.05. The summed E-state index contributed by atoms with van der Waals surface area (Å²) in [4.78, 5) is 37.5. The van der Waals surface area contributed by atoms with Crippen molar-refractivity contribution >= 4 is 19.8 Å². The number of hydrogen-bond acceptors (Lipinski definition) is 8. The summed E-state index contributed by atoms with van der Waals surface area (Å²) in [6.45, 7) is 4.19. The maximum atomic E-state index is 12.7. The van der Waals surface area contributed by atoms with Crippen LogP contribution in [0.2, 0.25) is 0 Å². The zero-order chi connectivity index (χ0) is 41.4. The topological polar surface area (TPSA) is 111 Å². The maximum absolute atomic E-state index is 12.7. The molecule has 0 radical (unpaired) electrons. The molecule has 0 bridgehead atoms. The van der Waals surface area contributed by atoms with E-state index >= 15 is 0 Å². The van der Waals surface area contributed by atoms with Crippen molar-refractivity contribution in [2.24, 2.45) is 0 Å². The van der Waals surface area contributed by atoms with Crippen molar-refractivity contribution in [1.29, 1.82) is 0 Å². The van der Waals surface area contributed by atoms with Crippen LogP contribution < -0.4 is 4.89 Å². The minimum atomic E-state index is -4.62. The molecule has 0 saturated carbocycles.